The van der Waals surface area contributed by atoms with E-state index in [1.165, 1.54) is 31.5 Å². The van der Waals surface area contributed by atoms with Crippen LogP contribution in [0.5, 0.6) is 0 Å². The first-order valence-corrected chi connectivity index (χ1v) is 6.82. The van der Waals surface area contributed by atoms with Crippen LogP contribution < -0.4 is 5.32 Å². The van der Waals surface area contributed by atoms with Crippen molar-refractivity contribution in [2.75, 3.05) is 33.3 Å². The second kappa shape index (κ2) is 6.92. The summed E-state index contributed by atoms with van der Waals surface area (Å²) in [6, 6.07) is 2.07. The van der Waals surface area contributed by atoms with Crippen molar-refractivity contribution in [3.8, 4) is 0 Å². The Morgan fingerprint density at radius 2 is 2.17 bits per heavy atom. The maximum absolute atomic E-state index is 5.73. The Morgan fingerprint density at radius 1 is 1.39 bits per heavy atom. The number of nitrogens with zero attached hydrogens (tertiary/aromatic N) is 1. The van der Waals surface area contributed by atoms with Gasteiger partial charge in [-0.1, -0.05) is 0 Å². The van der Waals surface area contributed by atoms with Gasteiger partial charge in [0.25, 0.3) is 0 Å². The summed E-state index contributed by atoms with van der Waals surface area (Å²) in [4.78, 5) is 2.46. The van der Waals surface area contributed by atoms with Crippen molar-refractivity contribution in [1.29, 1.82) is 0 Å². The number of likely N-dealkylation sites (tertiary alicyclic amines) is 1. The van der Waals surface area contributed by atoms with Crippen molar-refractivity contribution in [2.45, 2.75) is 32.9 Å². The van der Waals surface area contributed by atoms with E-state index in [0.29, 0.717) is 6.61 Å². The van der Waals surface area contributed by atoms with E-state index in [1.807, 2.05) is 7.05 Å². The molecule has 0 aliphatic carbocycles. The minimum atomic E-state index is 0.582. The lowest BCUT2D eigenvalue weighted by Gasteiger charge is -2.13. The number of rotatable bonds is 7. The number of furan rings is 1. The fraction of sp³-hybridized carbons (Fsp3) is 0.714. The fourth-order valence-electron chi connectivity index (χ4n) is 2.37. The minimum absolute atomic E-state index is 0.582. The quantitative estimate of drug-likeness (QED) is 0.752. The maximum Gasteiger partial charge on any atom is 0.130 e. The van der Waals surface area contributed by atoms with Crippen molar-refractivity contribution in [1.82, 2.24) is 10.2 Å². The highest BCUT2D eigenvalue weighted by molar-refractivity contribution is 5.19. The lowest BCUT2D eigenvalue weighted by molar-refractivity contribution is 0.0867. The smallest absolute Gasteiger partial charge is 0.130 e. The molecule has 18 heavy (non-hydrogen) atoms. The van der Waals surface area contributed by atoms with Crippen LogP contribution in [0.1, 0.15) is 29.9 Å². The summed E-state index contributed by atoms with van der Waals surface area (Å²) in [5, 5.41) is 3.10. The number of aryl methyl sites for hydroxylation is 1. The first kappa shape index (κ1) is 13.6. The average Bonchev–Trinajstić information content (AvgIpc) is 2.96. The summed E-state index contributed by atoms with van der Waals surface area (Å²) >= 11 is 0. The SMILES string of the molecule is CNCc1oc(COCCN2CCCC2)cc1C. The van der Waals surface area contributed by atoms with Crippen LogP contribution in [-0.2, 0) is 17.9 Å². The Hall–Kier alpha value is -0.840. The van der Waals surface area contributed by atoms with E-state index in [-0.39, 0.29) is 0 Å². The Bertz CT molecular complexity index is 357. The monoisotopic (exact) mass is 252 g/mol. The molecule has 4 heteroatoms. The van der Waals surface area contributed by atoms with E-state index in [2.05, 4.69) is 23.2 Å². The summed E-state index contributed by atoms with van der Waals surface area (Å²) in [6.45, 7) is 7.73. The van der Waals surface area contributed by atoms with Gasteiger partial charge < -0.3 is 19.4 Å². The Morgan fingerprint density at radius 3 is 2.89 bits per heavy atom. The molecule has 102 valence electrons. The molecule has 1 saturated heterocycles. The molecule has 0 unspecified atom stereocenters. The predicted molar refractivity (Wildman–Crippen MR) is 71.5 cm³/mol. The van der Waals surface area contributed by atoms with E-state index in [4.69, 9.17) is 9.15 Å². The van der Waals surface area contributed by atoms with Crippen LogP contribution in [0.4, 0.5) is 0 Å². The molecule has 1 aromatic heterocycles. The van der Waals surface area contributed by atoms with Gasteiger partial charge in [-0.2, -0.15) is 0 Å². The first-order valence-electron chi connectivity index (χ1n) is 6.82. The molecule has 4 nitrogen and oxygen atoms in total. The predicted octanol–water partition coefficient (Wildman–Crippen LogP) is 1.92. The highest BCUT2D eigenvalue weighted by Crippen LogP contribution is 2.15. The molecule has 0 atom stereocenters. The molecule has 0 aromatic carbocycles. The molecule has 1 fully saturated rings. The van der Waals surface area contributed by atoms with Gasteiger partial charge >= 0.3 is 0 Å². The zero-order valence-electron chi connectivity index (χ0n) is 11.5. The summed E-state index contributed by atoms with van der Waals surface area (Å²) in [5.41, 5.74) is 1.20. The van der Waals surface area contributed by atoms with Crippen LogP contribution in [0, 0.1) is 6.92 Å². The largest absolute Gasteiger partial charge is 0.462 e. The number of nitrogens with one attached hydrogen (secondary N) is 1. The van der Waals surface area contributed by atoms with Gasteiger partial charge in [0, 0.05) is 6.54 Å². The van der Waals surface area contributed by atoms with Gasteiger partial charge in [-0.15, -0.1) is 0 Å². The Labute approximate surface area is 109 Å². The number of ether oxygens (including phenoxy) is 1. The zero-order valence-corrected chi connectivity index (χ0v) is 11.5. The lowest BCUT2D eigenvalue weighted by atomic mass is 10.2. The normalized spacial score (nSPS) is 16.6. The van der Waals surface area contributed by atoms with Gasteiger partial charge in [0.05, 0.1) is 13.2 Å². The molecule has 0 bridgehead atoms. The maximum atomic E-state index is 5.73. The third-order valence-electron chi connectivity index (χ3n) is 3.40. The molecule has 0 saturated carbocycles. The molecule has 0 amide bonds. The summed E-state index contributed by atoms with van der Waals surface area (Å²) in [5.74, 6) is 1.94. The Kier molecular flexibility index (Phi) is 5.23. The third kappa shape index (κ3) is 3.83. The van der Waals surface area contributed by atoms with Gasteiger partial charge in [0.15, 0.2) is 0 Å². The van der Waals surface area contributed by atoms with E-state index in [1.54, 1.807) is 0 Å². The summed E-state index contributed by atoms with van der Waals surface area (Å²) in [7, 11) is 1.92. The molecule has 1 N–H and O–H groups in total. The molecule has 1 aromatic rings. The van der Waals surface area contributed by atoms with Gasteiger partial charge in [-0.05, 0) is 51.5 Å². The van der Waals surface area contributed by atoms with Crippen molar-refractivity contribution in [2.24, 2.45) is 0 Å². The molecular weight excluding hydrogens is 228 g/mol. The van der Waals surface area contributed by atoms with Gasteiger partial charge in [-0.3, -0.25) is 0 Å². The van der Waals surface area contributed by atoms with Crippen molar-refractivity contribution >= 4 is 0 Å². The van der Waals surface area contributed by atoms with Crippen LogP contribution >= 0.6 is 0 Å². The van der Waals surface area contributed by atoms with E-state index in [0.717, 1.165) is 31.2 Å². The zero-order chi connectivity index (χ0) is 12.8. The highest BCUT2D eigenvalue weighted by atomic mass is 16.5. The fourth-order valence-corrected chi connectivity index (χ4v) is 2.37. The van der Waals surface area contributed by atoms with E-state index in [9.17, 15) is 0 Å². The van der Waals surface area contributed by atoms with E-state index < -0.39 is 0 Å². The topological polar surface area (TPSA) is 37.6 Å². The van der Waals surface area contributed by atoms with Crippen LogP contribution in [0.3, 0.4) is 0 Å². The summed E-state index contributed by atoms with van der Waals surface area (Å²) < 4.78 is 11.4. The van der Waals surface area contributed by atoms with Crippen molar-refractivity contribution in [3.05, 3.63) is 23.2 Å². The minimum Gasteiger partial charge on any atom is -0.462 e. The standard InChI is InChI=1S/C14H24N2O2/c1-12-9-13(18-14(12)10-15-2)11-17-8-7-16-5-3-4-6-16/h9,15H,3-8,10-11H2,1-2H3. The first-order chi connectivity index (χ1) is 8.79. The van der Waals surface area contributed by atoms with E-state index >= 15 is 0 Å². The third-order valence-corrected chi connectivity index (χ3v) is 3.40. The van der Waals surface area contributed by atoms with Crippen molar-refractivity contribution in [3.63, 3.8) is 0 Å². The van der Waals surface area contributed by atoms with Crippen LogP contribution in [-0.4, -0.2) is 38.2 Å². The summed E-state index contributed by atoms with van der Waals surface area (Å²) in [6.07, 6.45) is 2.68. The van der Waals surface area contributed by atoms with Gasteiger partial charge in [0.2, 0.25) is 0 Å². The second-order valence-corrected chi connectivity index (χ2v) is 4.95. The van der Waals surface area contributed by atoms with Crippen LogP contribution in [0.15, 0.2) is 10.5 Å². The molecule has 2 heterocycles. The molecule has 0 spiro atoms. The van der Waals surface area contributed by atoms with Crippen LogP contribution in [0.25, 0.3) is 0 Å². The number of hydrogen-bond acceptors (Lipinski definition) is 4. The highest BCUT2D eigenvalue weighted by Gasteiger charge is 2.11. The Balaban J connectivity index is 1.67. The van der Waals surface area contributed by atoms with Crippen molar-refractivity contribution < 1.29 is 9.15 Å². The second-order valence-electron chi connectivity index (χ2n) is 4.95. The number of hydrogen-bond donors (Lipinski definition) is 1. The molecule has 2 rings (SSSR count). The molecule has 1 aliphatic heterocycles. The lowest BCUT2D eigenvalue weighted by Crippen LogP contribution is -2.23. The van der Waals surface area contributed by atoms with Gasteiger partial charge in [0.1, 0.15) is 18.1 Å². The molecular formula is C14H24N2O2. The molecule has 0 radical (unpaired) electrons. The van der Waals surface area contributed by atoms with Crippen LogP contribution in [0.2, 0.25) is 0 Å². The molecule has 1 aliphatic rings. The average molecular weight is 252 g/mol. The van der Waals surface area contributed by atoms with Gasteiger partial charge in [-0.25, -0.2) is 0 Å².